The summed E-state index contributed by atoms with van der Waals surface area (Å²) in [6.45, 7) is 2.06. The quantitative estimate of drug-likeness (QED) is 0.685. The number of phosphoric acid groups is 1. The predicted octanol–water partition coefficient (Wildman–Crippen LogP) is 0.807. The number of hydrogen-bond acceptors (Lipinski definition) is 9. The van der Waals surface area contributed by atoms with Crippen molar-refractivity contribution in [3.05, 3.63) is 22.5 Å². The molecule has 3 rings (SSSR count). The van der Waals surface area contributed by atoms with Gasteiger partial charge < -0.3 is 15.6 Å². The lowest BCUT2D eigenvalue weighted by atomic mass is 9.96. The van der Waals surface area contributed by atoms with Crippen LogP contribution in [0.4, 0.5) is 19.0 Å². The van der Waals surface area contributed by atoms with Gasteiger partial charge in [0.2, 0.25) is 0 Å². The molecule has 14 heteroatoms. The SMILES string of the molecule is CC(C)OP1(=O)OC[C@@]2(C(F)F)O[C@@H](n3cc(F)c(N)nc3=O)[C@H](O)[C@H]2O1. The van der Waals surface area contributed by atoms with Crippen molar-refractivity contribution in [2.45, 2.75) is 50.4 Å². The first kappa shape index (κ1) is 20.2. The maximum Gasteiger partial charge on any atom is 0.475 e. The number of rotatable bonds is 4. The lowest BCUT2D eigenvalue weighted by Crippen LogP contribution is -2.56. The highest BCUT2D eigenvalue weighted by atomic mass is 31.2. The Balaban J connectivity index is 2.00. The number of halogens is 3. The highest BCUT2D eigenvalue weighted by Gasteiger charge is 2.67. The first-order valence-electron chi connectivity index (χ1n) is 7.78. The number of fused-ring (bicyclic) bond motifs is 1. The number of anilines is 1. The normalized spacial score (nSPS) is 36.4. The summed E-state index contributed by atoms with van der Waals surface area (Å²) in [5.41, 5.74) is 1.47. The van der Waals surface area contributed by atoms with Gasteiger partial charge in [0.15, 0.2) is 23.5 Å². The Morgan fingerprint density at radius 2 is 2.19 bits per heavy atom. The Morgan fingerprint density at radius 3 is 2.78 bits per heavy atom. The van der Waals surface area contributed by atoms with E-state index in [1.807, 2.05) is 0 Å². The van der Waals surface area contributed by atoms with Gasteiger partial charge in [-0.2, -0.15) is 4.98 Å². The maximum absolute atomic E-state index is 13.8. The van der Waals surface area contributed by atoms with Gasteiger partial charge in [-0.25, -0.2) is 22.5 Å². The fourth-order valence-electron chi connectivity index (χ4n) is 2.83. The Hall–Kier alpha value is -1.50. The molecule has 5 atom stereocenters. The summed E-state index contributed by atoms with van der Waals surface area (Å²) in [6, 6.07) is 0. The van der Waals surface area contributed by atoms with Crippen molar-refractivity contribution in [2.24, 2.45) is 0 Å². The molecule has 3 heterocycles. The van der Waals surface area contributed by atoms with E-state index in [-0.39, 0.29) is 0 Å². The molecule has 0 spiro atoms. The van der Waals surface area contributed by atoms with E-state index in [4.69, 9.17) is 24.0 Å². The highest BCUT2D eigenvalue weighted by molar-refractivity contribution is 7.48. The van der Waals surface area contributed by atoms with E-state index in [2.05, 4.69) is 4.98 Å². The molecule has 1 aromatic rings. The molecule has 0 saturated carbocycles. The van der Waals surface area contributed by atoms with Gasteiger partial charge in [0.05, 0.1) is 18.9 Å². The smallest absolute Gasteiger partial charge is 0.386 e. The first-order valence-corrected chi connectivity index (χ1v) is 9.25. The first-order chi connectivity index (χ1) is 12.5. The van der Waals surface area contributed by atoms with Gasteiger partial charge in [0, 0.05) is 0 Å². The number of nitrogens with zero attached hydrogens (tertiary/aromatic N) is 2. The van der Waals surface area contributed by atoms with Crippen LogP contribution >= 0.6 is 7.82 Å². The van der Waals surface area contributed by atoms with Crippen LogP contribution in [0.2, 0.25) is 0 Å². The number of aliphatic hydroxyl groups is 1. The molecule has 27 heavy (non-hydrogen) atoms. The zero-order valence-electron chi connectivity index (χ0n) is 14.1. The molecule has 0 aromatic carbocycles. The minimum absolute atomic E-state index is 0.455. The number of aromatic nitrogens is 2. The van der Waals surface area contributed by atoms with Crippen molar-refractivity contribution in [2.75, 3.05) is 12.3 Å². The van der Waals surface area contributed by atoms with Crippen LogP contribution in [0, 0.1) is 5.82 Å². The number of hydrogen-bond donors (Lipinski definition) is 2. The van der Waals surface area contributed by atoms with Crippen molar-refractivity contribution < 1.29 is 41.2 Å². The van der Waals surface area contributed by atoms with E-state index in [1.54, 1.807) is 0 Å². The van der Waals surface area contributed by atoms with Crippen molar-refractivity contribution >= 4 is 13.6 Å². The number of aliphatic hydroxyl groups excluding tert-OH is 1. The predicted molar refractivity (Wildman–Crippen MR) is 82.4 cm³/mol. The molecule has 0 amide bonds. The molecule has 1 aromatic heterocycles. The van der Waals surface area contributed by atoms with E-state index < -0.39 is 68.3 Å². The summed E-state index contributed by atoms with van der Waals surface area (Å²) in [7, 11) is -4.28. The fraction of sp³-hybridized carbons (Fsp3) is 0.692. The van der Waals surface area contributed by atoms with E-state index in [0.29, 0.717) is 10.8 Å². The zero-order chi connectivity index (χ0) is 20.1. The summed E-state index contributed by atoms with van der Waals surface area (Å²) in [4.78, 5) is 15.1. The zero-order valence-corrected chi connectivity index (χ0v) is 15.0. The molecular formula is C13H17F3N3O7P. The summed E-state index contributed by atoms with van der Waals surface area (Å²) in [5.74, 6) is -1.84. The third-order valence-electron chi connectivity index (χ3n) is 4.03. The molecule has 3 N–H and O–H groups in total. The van der Waals surface area contributed by atoms with Gasteiger partial charge in [0.1, 0.15) is 12.2 Å². The van der Waals surface area contributed by atoms with Gasteiger partial charge in [-0.15, -0.1) is 0 Å². The average molecular weight is 415 g/mol. The van der Waals surface area contributed by atoms with Crippen LogP contribution in [0.1, 0.15) is 20.1 Å². The molecule has 0 aliphatic carbocycles. The molecule has 1 unspecified atom stereocenters. The molecule has 2 aliphatic heterocycles. The summed E-state index contributed by atoms with van der Waals surface area (Å²) >= 11 is 0. The minimum atomic E-state index is -4.28. The van der Waals surface area contributed by atoms with Gasteiger partial charge in [0.25, 0.3) is 6.43 Å². The second-order valence-electron chi connectivity index (χ2n) is 6.32. The molecule has 0 radical (unpaired) electrons. The molecule has 0 bridgehead atoms. The van der Waals surface area contributed by atoms with Crippen LogP contribution in [0.5, 0.6) is 0 Å². The summed E-state index contributed by atoms with van der Waals surface area (Å²) in [5, 5.41) is 10.4. The number of nitrogens with two attached hydrogens (primary N) is 1. The minimum Gasteiger partial charge on any atom is -0.386 e. The lowest BCUT2D eigenvalue weighted by molar-refractivity contribution is -0.208. The van der Waals surface area contributed by atoms with Crippen molar-refractivity contribution in [3.8, 4) is 0 Å². The van der Waals surface area contributed by atoms with E-state index in [1.165, 1.54) is 13.8 Å². The van der Waals surface area contributed by atoms with Gasteiger partial charge in [-0.05, 0) is 13.8 Å². The number of phosphoric ester groups is 1. The Labute approximate surface area is 150 Å². The lowest BCUT2D eigenvalue weighted by Gasteiger charge is -2.39. The van der Waals surface area contributed by atoms with Gasteiger partial charge in [-0.3, -0.25) is 18.1 Å². The molecular weight excluding hydrogens is 398 g/mol. The van der Waals surface area contributed by atoms with Gasteiger partial charge in [-0.1, -0.05) is 0 Å². The monoisotopic (exact) mass is 415 g/mol. The van der Waals surface area contributed by atoms with Crippen LogP contribution in [0.15, 0.2) is 11.0 Å². The number of alkyl halides is 2. The van der Waals surface area contributed by atoms with Crippen molar-refractivity contribution in [1.82, 2.24) is 9.55 Å². The average Bonchev–Trinajstić information content (AvgIpc) is 2.84. The second kappa shape index (κ2) is 6.83. The standard InChI is InChI=1S/C13H17F3N3O7P/c1-5(2)25-27(22)23-4-13(11(15)16)8(26-27)7(20)10(24-13)19-3-6(14)9(17)18-12(19)21/h3,5,7-8,10-11,20H,4H2,1-2H3,(H2,17,18,21)/t7-,8-,10-,13-,27?/m1/s1. The van der Waals surface area contributed by atoms with E-state index >= 15 is 0 Å². The van der Waals surface area contributed by atoms with Crippen LogP contribution in [-0.4, -0.2) is 51.6 Å². The van der Waals surface area contributed by atoms with Crippen molar-refractivity contribution in [1.29, 1.82) is 0 Å². The molecule has 2 saturated heterocycles. The fourth-order valence-corrected chi connectivity index (χ4v) is 4.46. The molecule has 2 aliphatic rings. The largest absolute Gasteiger partial charge is 0.475 e. The second-order valence-corrected chi connectivity index (χ2v) is 7.89. The molecule has 2 fully saturated rings. The van der Waals surface area contributed by atoms with Crippen LogP contribution in [0.25, 0.3) is 0 Å². The Kier molecular flexibility index (Phi) is 5.12. The van der Waals surface area contributed by atoms with Crippen LogP contribution in [0.3, 0.4) is 0 Å². The summed E-state index contributed by atoms with van der Waals surface area (Å²) < 4.78 is 74.2. The maximum atomic E-state index is 13.8. The Bertz CT molecular complexity index is 838. The number of ether oxygens (including phenoxy) is 1. The van der Waals surface area contributed by atoms with Crippen LogP contribution < -0.4 is 11.4 Å². The van der Waals surface area contributed by atoms with E-state index in [0.717, 1.165) is 0 Å². The van der Waals surface area contributed by atoms with Gasteiger partial charge >= 0.3 is 13.5 Å². The van der Waals surface area contributed by atoms with Crippen LogP contribution in [-0.2, 0) is 22.9 Å². The third kappa shape index (κ3) is 3.39. The number of nitrogen functional groups attached to an aromatic ring is 1. The summed E-state index contributed by atoms with van der Waals surface area (Å²) in [6.07, 6.45) is -8.98. The highest BCUT2D eigenvalue weighted by Crippen LogP contribution is 2.61. The molecule has 10 nitrogen and oxygen atoms in total. The Morgan fingerprint density at radius 1 is 1.52 bits per heavy atom. The van der Waals surface area contributed by atoms with E-state index in [9.17, 15) is 27.6 Å². The molecule has 152 valence electrons. The third-order valence-corrected chi connectivity index (χ3v) is 5.64. The van der Waals surface area contributed by atoms with Crippen molar-refractivity contribution in [3.63, 3.8) is 0 Å². The topological polar surface area (TPSA) is 135 Å².